The molecule has 1 aliphatic carbocycles. The Balaban J connectivity index is 1.91. The summed E-state index contributed by atoms with van der Waals surface area (Å²) < 4.78 is 28.3. The van der Waals surface area contributed by atoms with Crippen molar-refractivity contribution >= 4 is 27.3 Å². The second-order valence-corrected chi connectivity index (χ2v) is 11.2. The first-order valence-electron chi connectivity index (χ1n) is 11.1. The molecule has 0 saturated heterocycles. The molecule has 0 atom stereocenters. The van der Waals surface area contributed by atoms with Crippen LogP contribution in [0.3, 0.4) is 0 Å². The molecule has 0 radical (unpaired) electrons. The number of halogens is 1. The van der Waals surface area contributed by atoms with Gasteiger partial charge in [0.05, 0.1) is 24.2 Å². The summed E-state index contributed by atoms with van der Waals surface area (Å²) in [5, 5.41) is 0.530. The van der Waals surface area contributed by atoms with E-state index in [1.165, 1.54) is 0 Å². The van der Waals surface area contributed by atoms with Crippen molar-refractivity contribution in [2.45, 2.75) is 63.5 Å². The standard InChI is InChI=1S/C24H32ClN3O3S/c1-4-12-27(23(29)20-9-5-6-10-20)16-22-14-26-24(28(22)15-18(2)3)32(30,31)17-19-8-7-11-21(25)13-19/h4,7-8,11,13-14,18,20H,1,5-6,9-10,12,15-17H2,2-3H3. The highest BCUT2D eigenvalue weighted by atomic mass is 35.5. The molecule has 1 heterocycles. The third-order valence-corrected chi connectivity index (χ3v) is 7.52. The Kier molecular flexibility index (Phi) is 8.17. The van der Waals surface area contributed by atoms with E-state index in [1.807, 2.05) is 13.8 Å². The molecule has 2 aromatic rings. The van der Waals surface area contributed by atoms with E-state index in [-0.39, 0.29) is 28.7 Å². The molecule has 1 amide bonds. The Morgan fingerprint density at radius 2 is 2.06 bits per heavy atom. The van der Waals surface area contributed by atoms with Crippen LogP contribution in [0.4, 0.5) is 0 Å². The zero-order chi connectivity index (χ0) is 23.3. The molecule has 8 heteroatoms. The molecule has 174 valence electrons. The summed E-state index contributed by atoms with van der Waals surface area (Å²) in [6, 6.07) is 6.85. The largest absolute Gasteiger partial charge is 0.333 e. The van der Waals surface area contributed by atoms with Crippen molar-refractivity contribution in [3.05, 3.63) is 59.4 Å². The van der Waals surface area contributed by atoms with E-state index in [0.717, 1.165) is 31.4 Å². The van der Waals surface area contributed by atoms with E-state index in [9.17, 15) is 13.2 Å². The SMILES string of the molecule is C=CCN(Cc1cnc(S(=O)(=O)Cc2cccc(Cl)c2)n1CC(C)C)C(=O)C1CCCC1. The lowest BCUT2D eigenvalue weighted by atomic mass is 10.1. The van der Waals surface area contributed by atoms with E-state index in [4.69, 9.17) is 11.6 Å². The van der Waals surface area contributed by atoms with E-state index in [1.54, 1.807) is 46.0 Å². The van der Waals surface area contributed by atoms with Gasteiger partial charge in [-0.3, -0.25) is 4.79 Å². The van der Waals surface area contributed by atoms with Gasteiger partial charge in [0.25, 0.3) is 0 Å². The zero-order valence-corrected chi connectivity index (χ0v) is 20.4. The predicted molar refractivity (Wildman–Crippen MR) is 127 cm³/mol. The minimum Gasteiger partial charge on any atom is -0.333 e. The van der Waals surface area contributed by atoms with Gasteiger partial charge in [0, 0.05) is 24.0 Å². The van der Waals surface area contributed by atoms with Crippen molar-refractivity contribution in [3.63, 3.8) is 0 Å². The maximum atomic E-state index is 13.3. The highest BCUT2D eigenvalue weighted by Crippen LogP contribution is 2.28. The third kappa shape index (κ3) is 6.01. The van der Waals surface area contributed by atoms with E-state index < -0.39 is 9.84 Å². The number of benzene rings is 1. The van der Waals surface area contributed by atoms with Crippen LogP contribution in [0.2, 0.25) is 5.02 Å². The summed E-state index contributed by atoms with van der Waals surface area (Å²) in [6.45, 7) is 9.09. The Morgan fingerprint density at radius 3 is 2.69 bits per heavy atom. The summed E-state index contributed by atoms with van der Waals surface area (Å²) in [5.41, 5.74) is 1.33. The summed E-state index contributed by atoms with van der Waals surface area (Å²) >= 11 is 6.03. The van der Waals surface area contributed by atoms with E-state index >= 15 is 0 Å². The van der Waals surface area contributed by atoms with Gasteiger partial charge in [-0.1, -0.05) is 56.5 Å². The average molecular weight is 478 g/mol. The van der Waals surface area contributed by atoms with Gasteiger partial charge in [-0.15, -0.1) is 6.58 Å². The molecule has 0 N–H and O–H groups in total. The smallest absolute Gasteiger partial charge is 0.228 e. The Bertz CT molecular complexity index is 1060. The highest BCUT2D eigenvalue weighted by Gasteiger charge is 2.29. The lowest BCUT2D eigenvalue weighted by molar-refractivity contribution is -0.135. The van der Waals surface area contributed by atoms with Crippen LogP contribution in [0.1, 0.15) is 50.8 Å². The van der Waals surface area contributed by atoms with Gasteiger partial charge in [0.1, 0.15) is 0 Å². The van der Waals surface area contributed by atoms with Crippen LogP contribution >= 0.6 is 11.6 Å². The summed E-state index contributed by atoms with van der Waals surface area (Å²) in [4.78, 5) is 19.1. The van der Waals surface area contributed by atoms with Crippen LogP contribution in [-0.4, -0.2) is 35.3 Å². The zero-order valence-electron chi connectivity index (χ0n) is 18.8. The molecular formula is C24H32ClN3O3S. The molecule has 0 aliphatic heterocycles. The van der Waals surface area contributed by atoms with Crippen molar-refractivity contribution < 1.29 is 13.2 Å². The summed E-state index contributed by atoms with van der Waals surface area (Å²) in [5.74, 6) is 0.186. The fraction of sp³-hybridized carbons (Fsp3) is 0.500. The first-order chi connectivity index (χ1) is 15.2. The molecule has 6 nitrogen and oxygen atoms in total. The van der Waals surface area contributed by atoms with Gasteiger partial charge in [-0.25, -0.2) is 13.4 Å². The van der Waals surface area contributed by atoms with Crippen LogP contribution in [0.15, 0.2) is 48.3 Å². The molecule has 0 spiro atoms. The lowest BCUT2D eigenvalue weighted by Crippen LogP contribution is -2.35. The van der Waals surface area contributed by atoms with E-state index in [2.05, 4.69) is 11.6 Å². The van der Waals surface area contributed by atoms with Gasteiger partial charge in [0.2, 0.25) is 20.9 Å². The molecule has 0 bridgehead atoms. The number of hydrogen-bond donors (Lipinski definition) is 0. The number of carbonyl (C=O) groups excluding carboxylic acids is 1. The first-order valence-corrected chi connectivity index (χ1v) is 13.2. The fourth-order valence-corrected chi connectivity index (χ4v) is 5.95. The molecule has 0 unspecified atom stereocenters. The number of carbonyl (C=O) groups is 1. The predicted octanol–water partition coefficient (Wildman–Crippen LogP) is 4.87. The molecule has 32 heavy (non-hydrogen) atoms. The van der Waals surface area contributed by atoms with Crippen molar-refractivity contribution in [2.75, 3.05) is 6.54 Å². The average Bonchev–Trinajstić information content (AvgIpc) is 3.37. The van der Waals surface area contributed by atoms with Crippen molar-refractivity contribution in [1.82, 2.24) is 14.5 Å². The number of aromatic nitrogens is 2. The summed E-state index contributed by atoms with van der Waals surface area (Å²) in [7, 11) is -3.70. The summed E-state index contributed by atoms with van der Waals surface area (Å²) in [6.07, 6.45) is 7.29. The molecule has 1 fully saturated rings. The van der Waals surface area contributed by atoms with Gasteiger partial charge in [0.15, 0.2) is 0 Å². The van der Waals surface area contributed by atoms with Gasteiger partial charge >= 0.3 is 0 Å². The highest BCUT2D eigenvalue weighted by molar-refractivity contribution is 7.90. The number of sulfone groups is 1. The third-order valence-electron chi connectivity index (χ3n) is 5.69. The molecule has 1 aliphatic rings. The Labute approximate surface area is 196 Å². The Morgan fingerprint density at radius 1 is 1.34 bits per heavy atom. The molecule has 3 rings (SSSR count). The first kappa shape index (κ1) is 24.5. The monoisotopic (exact) mass is 477 g/mol. The van der Waals surface area contributed by atoms with Gasteiger partial charge in [-0.2, -0.15) is 0 Å². The van der Waals surface area contributed by atoms with Crippen LogP contribution in [0, 0.1) is 11.8 Å². The molecule has 1 aromatic heterocycles. The van der Waals surface area contributed by atoms with Crippen LogP contribution in [0.5, 0.6) is 0 Å². The molecule has 1 aromatic carbocycles. The Hall–Kier alpha value is -2.12. The fourth-order valence-electron chi connectivity index (χ4n) is 4.25. The topological polar surface area (TPSA) is 72.3 Å². The van der Waals surface area contributed by atoms with Crippen molar-refractivity contribution in [1.29, 1.82) is 0 Å². The second-order valence-electron chi connectivity index (χ2n) is 8.91. The maximum Gasteiger partial charge on any atom is 0.228 e. The lowest BCUT2D eigenvalue weighted by Gasteiger charge is -2.25. The molecule has 1 saturated carbocycles. The van der Waals surface area contributed by atoms with E-state index in [0.29, 0.717) is 30.2 Å². The van der Waals surface area contributed by atoms with Gasteiger partial charge < -0.3 is 9.47 Å². The quantitative estimate of drug-likeness (QED) is 0.457. The number of hydrogen-bond acceptors (Lipinski definition) is 4. The van der Waals surface area contributed by atoms with Crippen LogP contribution < -0.4 is 0 Å². The maximum absolute atomic E-state index is 13.3. The van der Waals surface area contributed by atoms with Crippen LogP contribution in [-0.2, 0) is 33.5 Å². The van der Waals surface area contributed by atoms with Crippen molar-refractivity contribution in [2.24, 2.45) is 11.8 Å². The minimum atomic E-state index is -3.70. The minimum absolute atomic E-state index is 0.0352. The number of rotatable bonds is 10. The van der Waals surface area contributed by atoms with Gasteiger partial charge in [-0.05, 0) is 36.5 Å². The number of nitrogens with zero attached hydrogens (tertiary/aromatic N) is 3. The normalized spacial score (nSPS) is 14.8. The molecular weight excluding hydrogens is 446 g/mol. The second kappa shape index (κ2) is 10.7. The van der Waals surface area contributed by atoms with Crippen LogP contribution in [0.25, 0.3) is 0 Å². The number of amides is 1. The van der Waals surface area contributed by atoms with Crippen molar-refractivity contribution in [3.8, 4) is 0 Å². The number of imidazole rings is 1.